The van der Waals surface area contributed by atoms with Crippen LogP contribution in [0.1, 0.15) is 23.8 Å². The summed E-state index contributed by atoms with van der Waals surface area (Å²) in [7, 11) is 0. The molecule has 2 heterocycles. The van der Waals surface area contributed by atoms with Crippen molar-refractivity contribution in [3.63, 3.8) is 0 Å². The average molecular weight is 387 g/mol. The summed E-state index contributed by atoms with van der Waals surface area (Å²) in [5, 5.41) is 16.2. The molecule has 3 N–H and O–H groups in total. The lowest BCUT2D eigenvalue weighted by Crippen LogP contribution is -2.37. The molecular weight excluding hydrogens is 370 g/mol. The van der Waals surface area contributed by atoms with Crippen molar-refractivity contribution in [1.82, 2.24) is 10.3 Å². The van der Waals surface area contributed by atoms with Crippen molar-refractivity contribution in [3.8, 4) is 10.6 Å². The number of para-hydroxylation sites is 1. The average Bonchev–Trinajstić information content (AvgIpc) is 3.13. The second kappa shape index (κ2) is 6.69. The quantitative estimate of drug-likeness (QED) is 0.631. The van der Waals surface area contributed by atoms with Gasteiger partial charge in [-0.25, -0.2) is 9.78 Å². The van der Waals surface area contributed by atoms with Gasteiger partial charge in [0.1, 0.15) is 10.0 Å². The van der Waals surface area contributed by atoms with Gasteiger partial charge in [0.2, 0.25) is 5.91 Å². The highest BCUT2D eigenvalue weighted by molar-refractivity contribution is 7.22. The Labute approximate surface area is 157 Å². The maximum atomic E-state index is 11.7. The van der Waals surface area contributed by atoms with Gasteiger partial charge < -0.3 is 15.7 Å². The summed E-state index contributed by atoms with van der Waals surface area (Å²) in [4.78, 5) is 28.5. The molecule has 0 fully saturated rings. The van der Waals surface area contributed by atoms with Gasteiger partial charge in [-0.15, -0.1) is 22.7 Å². The van der Waals surface area contributed by atoms with Crippen LogP contribution in [0.2, 0.25) is 0 Å². The Bertz CT molecular complexity index is 975. The van der Waals surface area contributed by atoms with Gasteiger partial charge >= 0.3 is 6.09 Å². The van der Waals surface area contributed by atoms with Gasteiger partial charge in [-0.05, 0) is 30.5 Å². The summed E-state index contributed by atoms with van der Waals surface area (Å²) < 4.78 is 1.11. The Balaban J connectivity index is 1.79. The van der Waals surface area contributed by atoms with E-state index in [0.717, 1.165) is 43.5 Å². The number of fused-ring (bicyclic) bond motifs is 2. The first kappa shape index (κ1) is 17.0. The molecule has 0 bridgehead atoms. The monoisotopic (exact) mass is 387 g/mol. The summed E-state index contributed by atoms with van der Waals surface area (Å²) >= 11 is 3.14. The van der Waals surface area contributed by atoms with Gasteiger partial charge in [0, 0.05) is 29.8 Å². The SMILES string of the molecule is CC(=O)Nc1sc2c(c1-c1nc3ccccc3s1)CCC(NC(=O)O)C2. The molecule has 8 heteroatoms. The molecule has 1 aromatic carbocycles. The van der Waals surface area contributed by atoms with Gasteiger partial charge in [-0.3, -0.25) is 4.79 Å². The van der Waals surface area contributed by atoms with Crippen molar-refractivity contribution in [2.45, 2.75) is 32.2 Å². The van der Waals surface area contributed by atoms with E-state index in [-0.39, 0.29) is 11.9 Å². The molecule has 1 aliphatic rings. The van der Waals surface area contributed by atoms with Gasteiger partial charge in [0.05, 0.1) is 10.2 Å². The Morgan fingerprint density at radius 1 is 1.27 bits per heavy atom. The van der Waals surface area contributed by atoms with E-state index in [1.54, 1.807) is 11.3 Å². The number of nitrogens with zero attached hydrogens (tertiary/aromatic N) is 1. The fraction of sp³-hybridized carbons (Fsp3) is 0.278. The Hall–Kier alpha value is -2.45. The second-order valence-corrected chi connectivity index (χ2v) is 8.40. The van der Waals surface area contributed by atoms with Crippen LogP contribution in [0.4, 0.5) is 9.80 Å². The summed E-state index contributed by atoms with van der Waals surface area (Å²) in [5.41, 5.74) is 3.12. The number of aromatic nitrogens is 1. The molecule has 1 atom stereocenters. The van der Waals surface area contributed by atoms with Crippen LogP contribution >= 0.6 is 22.7 Å². The molecule has 134 valence electrons. The standard InChI is InChI=1S/C18H17N3O3S2/c1-9(22)19-16-15(17-21-12-4-2-3-5-13(12)25-17)11-7-6-10(20-18(23)24)8-14(11)26-16/h2-5,10,20H,6-8H2,1H3,(H,19,22)(H,23,24). The lowest BCUT2D eigenvalue weighted by molar-refractivity contribution is -0.114. The minimum atomic E-state index is -0.997. The third-order valence-corrected chi connectivity index (χ3v) is 6.61. The molecular formula is C18H17N3O3S2. The topological polar surface area (TPSA) is 91.3 Å². The van der Waals surface area contributed by atoms with Crippen LogP contribution in [0.3, 0.4) is 0 Å². The first-order valence-electron chi connectivity index (χ1n) is 8.29. The number of carbonyl (C=O) groups is 2. The van der Waals surface area contributed by atoms with Crippen LogP contribution in [0.25, 0.3) is 20.8 Å². The third-order valence-electron chi connectivity index (χ3n) is 4.39. The molecule has 0 radical (unpaired) electrons. The minimum Gasteiger partial charge on any atom is -0.465 e. The van der Waals surface area contributed by atoms with Gasteiger partial charge in [0.15, 0.2) is 0 Å². The van der Waals surface area contributed by atoms with Crippen molar-refractivity contribution in [1.29, 1.82) is 0 Å². The molecule has 2 aromatic heterocycles. The maximum Gasteiger partial charge on any atom is 0.404 e. The molecule has 6 nitrogen and oxygen atoms in total. The molecule has 26 heavy (non-hydrogen) atoms. The second-order valence-electron chi connectivity index (χ2n) is 6.27. The Morgan fingerprint density at radius 3 is 2.81 bits per heavy atom. The summed E-state index contributed by atoms with van der Waals surface area (Å²) in [6.07, 6.45) is 1.15. The number of hydrogen-bond donors (Lipinski definition) is 3. The highest BCUT2D eigenvalue weighted by atomic mass is 32.1. The molecule has 1 aliphatic carbocycles. The number of rotatable bonds is 3. The predicted molar refractivity (Wildman–Crippen MR) is 104 cm³/mol. The number of benzene rings is 1. The Morgan fingerprint density at radius 2 is 2.08 bits per heavy atom. The number of hydrogen-bond acceptors (Lipinski definition) is 5. The van der Waals surface area contributed by atoms with Gasteiger partial charge in [-0.1, -0.05) is 12.1 Å². The van der Waals surface area contributed by atoms with Crippen molar-refractivity contribution < 1.29 is 14.7 Å². The molecule has 1 unspecified atom stereocenters. The number of nitrogens with one attached hydrogen (secondary N) is 2. The number of amides is 2. The van der Waals surface area contributed by atoms with E-state index in [1.165, 1.54) is 23.8 Å². The Kier molecular flexibility index (Phi) is 4.37. The zero-order valence-electron chi connectivity index (χ0n) is 14.0. The van der Waals surface area contributed by atoms with Crippen molar-refractivity contribution in [2.24, 2.45) is 0 Å². The summed E-state index contributed by atoms with van der Waals surface area (Å²) in [6.45, 7) is 1.50. The molecule has 4 rings (SSSR count). The van der Waals surface area contributed by atoms with Gasteiger partial charge in [-0.2, -0.15) is 0 Å². The van der Waals surface area contributed by atoms with Crippen LogP contribution in [0, 0.1) is 0 Å². The number of thiazole rings is 1. The van der Waals surface area contributed by atoms with Crippen molar-refractivity contribution in [3.05, 3.63) is 34.7 Å². The van der Waals surface area contributed by atoms with Crippen LogP contribution in [0.15, 0.2) is 24.3 Å². The number of anilines is 1. The molecule has 2 amide bonds. The van der Waals surface area contributed by atoms with E-state index in [9.17, 15) is 9.59 Å². The lowest BCUT2D eigenvalue weighted by atomic mass is 9.92. The van der Waals surface area contributed by atoms with Crippen LogP contribution in [-0.4, -0.2) is 28.1 Å². The lowest BCUT2D eigenvalue weighted by Gasteiger charge is -2.22. The highest BCUT2D eigenvalue weighted by Crippen LogP contribution is 2.46. The molecule has 0 saturated heterocycles. The third kappa shape index (κ3) is 3.17. The first-order chi connectivity index (χ1) is 12.5. The predicted octanol–water partition coefficient (Wildman–Crippen LogP) is 4.11. The van der Waals surface area contributed by atoms with Crippen molar-refractivity contribution >= 4 is 49.9 Å². The largest absolute Gasteiger partial charge is 0.465 e. The normalized spacial score (nSPS) is 16.3. The van der Waals surface area contributed by atoms with E-state index >= 15 is 0 Å². The zero-order valence-corrected chi connectivity index (χ0v) is 15.7. The maximum absolute atomic E-state index is 11.7. The van der Waals surface area contributed by atoms with E-state index in [2.05, 4.69) is 10.6 Å². The van der Waals surface area contributed by atoms with E-state index < -0.39 is 6.09 Å². The fourth-order valence-corrected chi connectivity index (χ4v) is 5.82. The molecule has 3 aromatic rings. The first-order valence-corrected chi connectivity index (χ1v) is 9.92. The fourth-order valence-electron chi connectivity index (χ4n) is 3.34. The zero-order chi connectivity index (χ0) is 18.3. The van der Waals surface area contributed by atoms with Crippen LogP contribution in [-0.2, 0) is 17.6 Å². The minimum absolute atomic E-state index is 0.0907. The highest BCUT2D eigenvalue weighted by Gasteiger charge is 2.28. The number of carbonyl (C=O) groups excluding carboxylic acids is 1. The molecule has 0 aliphatic heterocycles. The van der Waals surface area contributed by atoms with Crippen molar-refractivity contribution in [2.75, 3.05) is 5.32 Å². The number of thiophene rings is 1. The smallest absolute Gasteiger partial charge is 0.404 e. The van der Waals surface area contributed by atoms with Gasteiger partial charge in [0.25, 0.3) is 0 Å². The van der Waals surface area contributed by atoms with Crippen LogP contribution < -0.4 is 10.6 Å². The number of carboxylic acid groups (broad SMARTS) is 1. The van der Waals surface area contributed by atoms with E-state index in [4.69, 9.17) is 10.1 Å². The summed E-state index contributed by atoms with van der Waals surface area (Å²) in [6, 6.07) is 7.89. The van der Waals surface area contributed by atoms with E-state index in [0.29, 0.717) is 6.42 Å². The molecule has 0 saturated carbocycles. The van der Waals surface area contributed by atoms with E-state index in [1.807, 2.05) is 24.3 Å². The van der Waals surface area contributed by atoms with Crippen LogP contribution in [0.5, 0.6) is 0 Å². The summed E-state index contributed by atoms with van der Waals surface area (Å²) in [5.74, 6) is -0.119. The molecule has 0 spiro atoms.